The Morgan fingerprint density at radius 2 is 1.09 bits per heavy atom. The molecule has 0 unspecified atom stereocenters. The van der Waals surface area contributed by atoms with Gasteiger partial charge in [0.25, 0.3) is 0 Å². The van der Waals surface area contributed by atoms with Gasteiger partial charge in [-0.25, -0.2) is 0 Å². The van der Waals surface area contributed by atoms with E-state index >= 15 is 0 Å². The van der Waals surface area contributed by atoms with Gasteiger partial charge in [0.15, 0.2) is 6.29 Å². The number of hydrogen-bond acceptors (Lipinski definition) is 12. The average Bonchev–Trinajstić information content (AvgIpc) is 3.01. The highest BCUT2D eigenvalue weighted by atomic mass is 16.7. The third kappa shape index (κ3) is 13.7. The zero-order valence-corrected chi connectivity index (χ0v) is 26.3. The first kappa shape index (κ1) is 39.0. The summed E-state index contributed by atoms with van der Waals surface area (Å²) in [5.74, 6) is -0.616. The Labute approximate surface area is 262 Å². The van der Waals surface area contributed by atoms with Crippen molar-refractivity contribution in [2.45, 2.75) is 171 Å². The lowest BCUT2D eigenvalue weighted by Crippen LogP contribution is -2.61. The van der Waals surface area contributed by atoms with E-state index in [0.29, 0.717) is 6.42 Å². The van der Waals surface area contributed by atoms with Crippen molar-refractivity contribution >= 4 is 5.97 Å². The van der Waals surface area contributed by atoms with E-state index < -0.39 is 80.6 Å². The van der Waals surface area contributed by atoms with E-state index in [1.54, 1.807) is 0 Å². The molecule has 2 aliphatic rings. The molecule has 0 saturated carbocycles. The van der Waals surface area contributed by atoms with Gasteiger partial charge < -0.3 is 54.7 Å². The third-order valence-electron chi connectivity index (χ3n) is 8.33. The predicted octanol–water partition coefficient (Wildman–Crippen LogP) is 1.97. The molecule has 0 amide bonds. The number of carbonyl (C=O) groups is 1. The van der Waals surface area contributed by atoms with Gasteiger partial charge in [-0.2, -0.15) is 0 Å². The SMILES string of the molecule is CCCCCCCCCC/C=C/CCCCCCCC(=O)O[C@H]1O[C@H](CO[C@H]2O[C@H](CO)[C@@H](O)[C@H](O)[C@H]2O)[C@@H](O)[C@H](O)[C@H]1O. The fourth-order valence-corrected chi connectivity index (χ4v) is 5.43. The van der Waals surface area contributed by atoms with Crippen molar-refractivity contribution in [2.24, 2.45) is 0 Å². The summed E-state index contributed by atoms with van der Waals surface area (Å²) in [6, 6.07) is 0. The van der Waals surface area contributed by atoms with Crippen LogP contribution in [0.5, 0.6) is 0 Å². The topological polar surface area (TPSA) is 196 Å². The highest BCUT2D eigenvalue weighted by Crippen LogP contribution is 2.26. The van der Waals surface area contributed by atoms with Crippen molar-refractivity contribution in [3.8, 4) is 0 Å². The monoisotopic (exact) mass is 634 g/mol. The van der Waals surface area contributed by atoms with Crippen molar-refractivity contribution < 1.29 is 59.5 Å². The summed E-state index contributed by atoms with van der Waals surface area (Å²) in [6.07, 6.45) is 6.73. The molecular formula is C32H58O12. The molecule has 0 bridgehead atoms. The minimum Gasteiger partial charge on any atom is -0.433 e. The molecule has 0 aromatic rings. The number of esters is 1. The molecule has 12 heteroatoms. The molecule has 2 saturated heterocycles. The van der Waals surface area contributed by atoms with Crippen LogP contribution >= 0.6 is 0 Å². The van der Waals surface area contributed by atoms with Gasteiger partial charge in [0.1, 0.15) is 48.8 Å². The zero-order valence-electron chi connectivity index (χ0n) is 26.3. The number of aliphatic hydroxyl groups excluding tert-OH is 7. The van der Waals surface area contributed by atoms with Crippen LogP contribution in [0.2, 0.25) is 0 Å². The smallest absolute Gasteiger partial charge is 0.308 e. The lowest BCUT2D eigenvalue weighted by molar-refractivity contribution is -0.327. The van der Waals surface area contributed by atoms with Gasteiger partial charge in [-0.05, 0) is 32.1 Å². The molecular weight excluding hydrogens is 576 g/mol. The third-order valence-corrected chi connectivity index (χ3v) is 8.33. The van der Waals surface area contributed by atoms with Crippen LogP contribution in [0.4, 0.5) is 0 Å². The molecule has 44 heavy (non-hydrogen) atoms. The van der Waals surface area contributed by atoms with Crippen LogP contribution in [0.1, 0.15) is 110 Å². The summed E-state index contributed by atoms with van der Waals surface area (Å²) in [7, 11) is 0. The predicted molar refractivity (Wildman–Crippen MR) is 161 cm³/mol. The summed E-state index contributed by atoms with van der Waals surface area (Å²) >= 11 is 0. The van der Waals surface area contributed by atoms with E-state index in [0.717, 1.165) is 38.5 Å². The molecule has 2 fully saturated rings. The molecule has 0 radical (unpaired) electrons. The van der Waals surface area contributed by atoms with E-state index in [1.807, 2.05) is 0 Å². The van der Waals surface area contributed by atoms with Crippen LogP contribution in [-0.2, 0) is 23.7 Å². The first-order chi connectivity index (χ1) is 21.2. The second-order valence-corrected chi connectivity index (χ2v) is 12.1. The van der Waals surface area contributed by atoms with Crippen LogP contribution < -0.4 is 0 Å². The second kappa shape index (κ2) is 22.4. The summed E-state index contributed by atoms with van der Waals surface area (Å²) in [5, 5.41) is 70.1. The number of hydrogen-bond donors (Lipinski definition) is 7. The highest BCUT2D eigenvalue weighted by molar-refractivity contribution is 5.69. The standard InChI is InChI=1S/C32H58O12/c1-2-3-4-5-6-7-8-9-10-11-12-13-14-15-16-17-18-19-24(34)44-32-30(40)28(38)26(36)23(43-32)21-41-31-29(39)27(37)25(35)22(20-33)42-31/h11-12,22-23,25-33,35-40H,2-10,13-21H2,1H3/b12-11+/t22-,23-,25-,26-,27+,28+,29-,30-,31+,32-/m1/s1. The summed E-state index contributed by atoms with van der Waals surface area (Å²) in [5.41, 5.74) is 0. The van der Waals surface area contributed by atoms with Gasteiger partial charge in [0, 0.05) is 6.42 Å². The molecule has 12 nitrogen and oxygen atoms in total. The van der Waals surface area contributed by atoms with Crippen molar-refractivity contribution in [3.05, 3.63) is 12.2 Å². The van der Waals surface area contributed by atoms with Gasteiger partial charge in [-0.3, -0.25) is 4.79 Å². The van der Waals surface area contributed by atoms with Crippen LogP contribution in [0.3, 0.4) is 0 Å². The number of aliphatic hydroxyl groups is 7. The van der Waals surface area contributed by atoms with Crippen molar-refractivity contribution in [2.75, 3.05) is 13.2 Å². The molecule has 0 aliphatic carbocycles. The van der Waals surface area contributed by atoms with Gasteiger partial charge in [0.05, 0.1) is 13.2 Å². The molecule has 0 aromatic heterocycles. The quantitative estimate of drug-likeness (QED) is 0.0521. The highest BCUT2D eigenvalue weighted by Gasteiger charge is 2.48. The molecule has 2 aliphatic heterocycles. The molecule has 10 atom stereocenters. The Morgan fingerprint density at radius 3 is 1.66 bits per heavy atom. The fourth-order valence-electron chi connectivity index (χ4n) is 5.43. The van der Waals surface area contributed by atoms with Gasteiger partial charge >= 0.3 is 5.97 Å². The summed E-state index contributed by atoms with van der Waals surface area (Å²) in [4.78, 5) is 12.4. The minimum absolute atomic E-state index is 0.107. The molecule has 0 spiro atoms. The number of carbonyl (C=O) groups excluding carboxylic acids is 1. The first-order valence-electron chi connectivity index (χ1n) is 16.7. The fraction of sp³-hybridized carbons (Fsp3) is 0.906. The summed E-state index contributed by atoms with van der Waals surface area (Å²) < 4.78 is 21.3. The van der Waals surface area contributed by atoms with Gasteiger partial charge in [0.2, 0.25) is 6.29 Å². The van der Waals surface area contributed by atoms with Crippen LogP contribution in [0, 0.1) is 0 Å². The van der Waals surface area contributed by atoms with Crippen LogP contribution in [-0.4, -0.2) is 116 Å². The largest absolute Gasteiger partial charge is 0.433 e. The average molecular weight is 635 g/mol. The Morgan fingerprint density at radius 1 is 0.614 bits per heavy atom. The lowest BCUT2D eigenvalue weighted by atomic mass is 9.98. The molecule has 7 N–H and O–H groups in total. The van der Waals surface area contributed by atoms with E-state index in [1.165, 1.54) is 51.4 Å². The number of rotatable bonds is 22. The summed E-state index contributed by atoms with van der Waals surface area (Å²) in [6.45, 7) is 1.11. The van der Waals surface area contributed by atoms with Crippen molar-refractivity contribution in [1.29, 1.82) is 0 Å². The number of allylic oxidation sites excluding steroid dienone is 2. The van der Waals surface area contributed by atoms with Crippen LogP contribution in [0.15, 0.2) is 12.2 Å². The molecule has 0 aromatic carbocycles. The Kier molecular flexibility index (Phi) is 19.8. The lowest BCUT2D eigenvalue weighted by Gasteiger charge is -2.42. The van der Waals surface area contributed by atoms with Crippen LogP contribution in [0.25, 0.3) is 0 Å². The first-order valence-corrected chi connectivity index (χ1v) is 16.7. The van der Waals surface area contributed by atoms with E-state index in [4.69, 9.17) is 18.9 Å². The molecule has 2 rings (SSSR count). The van der Waals surface area contributed by atoms with E-state index in [9.17, 15) is 40.5 Å². The second-order valence-electron chi connectivity index (χ2n) is 12.1. The Balaban J connectivity index is 1.58. The zero-order chi connectivity index (χ0) is 32.3. The maximum atomic E-state index is 12.4. The maximum Gasteiger partial charge on any atom is 0.308 e. The Hall–Kier alpha value is -1.19. The van der Waals surface area contributed by atoms with Gasteiger partial charge in [-0.15, -0.1) is 0 Å². The molecule has 2 heterocycles. The number of ether oxygens (including phenoxy) is 4. The maximum absolute atomic E-state index is 12.4. The normalized spacial score (nSPS) is 32.7. The number of unbranched alkanes of at least 4 members (excludes halogenated alkanes) is 13. The van der Waals surface area contributed by atoms with E-state index in [2.05, 4.69) is 19.1 Å². The van der Waals surface area contributed by atoms with E-state index in [-0.39, 0.29) is 6.42 Å². The molecule has 258 valence electrons. The van der Waals surface area contributed by atoms with Crippen molar-refractivity contribution in [3.63, 3.8) is 0 Å². The van der Waals surface area contributed by atoms with Gasteiger partial charge in [-0.1, -0.05) is 83.3 Å². The van der Waals surface area contributed by atoms with Crippen molar-refractivity contribution in [1.82, 2.24) is 0 Å². The Bertz CT molecular complexity index is 780. The minimum atomic E-state index is -1.71.